The lowest BCUT2D eigenvalue weighted by atomic mass is 10.2. The second kappa shape index (κ2) is 15.3. The first kappa shape index (κ1) is 22.2. The van der Waals surface area contributed by atoms with E-state index in [1.165, 1.54) is 6.42 Å². The summed E-state index contributed by atoms with van der Waals surface area (Å²) >= 11 is 0. The van der Waals surface area contributed by atoms with E-state index >= 15 is 0 Å². The van der Waals surface area contributed by atoms with Gasteiger partial charge >= 0.3 is 0 Å². The Morgan fingerprint density at radius 2 is 1.85 bits per heavy atom. The molecular formula is C14H33IN4O. The van der Waals surface area contributed by atoms with Crippen molar-refractivity contribution in [2.45, 2.75) is 39.7 Å². The van der Waals surface area contributed by atoms with Crippen molar-refractivity contribution in [1.82, 2.24) is 15.5 Å². The van der Waals surface area contributed by atoms with Crippen LogP contribution in [0.4, 0.5) is 0 Å². The van der Waals surface area contributed by atoms with Crippen LogP contribution in [-0.4, -0.2) is 63.8 Å². The molecule has 0 saturated carbocycles. The maximum absolute atomic E-state index is 5.27. The minimum absolute atomic E-state index is 0. The van der Waals surface area contributed by atoms with Crippen molar-refractivity contribution in [2.75, 3.05) is 46.9 Å². The maximum Gasteiger partial charge on any atom is 0.191 e. The largest absolute Gasteiger partial charge is 0.380 e. The van der Waals surface area contributed by atoms with Gasteiger partial charge in [-0.3, -0.25) is 4.99 Å². The molecule has 0 bridgehead atoms. The number of guanidine groups is 1. The van der Waals surface area contributed by atoms with Crippen LogP contribution in [0.2, 0.25) is 0 Å². The van der Waals surface area contributed by atoms with Crippen molar-refractivity contribution in [3.05, 3.63) is 0 Å². The van der Waals surface area contributed by atoms with Gasteiger partial charge in [0.15, 0.2) is 5.96 Å². The summed E-state index contributed by atoms with van der Waals surface area (Å²) in [5.41, 5.74) is 0. The molecule has 122 valence electrons. The Bertz CT molecular complexity index is 237. The quantitative estimate of drug-likeness (QED) is 0.255. The molecule has 5 nitrogen and oxygen atoms in total. The van der Waals surface area contributed by atoms with Crippen LogP contribution in [0.15, 0.2) is 4.99 Å². The number of nitrogens with zero attached hydrogens (tertiary/aromatic N) is 2. The van der Waals surface area contributed by atoms with Gasteiger partial charge in [0.05, 0.1) is 6.61 Å². The van der Waals surface area contributed by atoms with Crippen molar-refractivity contribution >= 4 is 29.9 Å². The van der Waals surface area contributed by atoms with Crippen molar-refractivity contribution in [3.8, 4) is 0 Å². The average Bonchev–Trinajstić information content (AvgIpc) is 2.40. The Kier molecular flexibility index (Phi) is 17.0. The number of unbranched alkanes of at least 4 members (excludes halogenated alkanes) is 1. The Hall–Kier alpha value is -0.0800. The topological polar surface area (TPSA) is 48.9 Å². The molecule has 0 aliphatic rings. The van der Waals surface area contributed by atoms with E-state index in [0.29, 0.717) is 6.04 Å². The molecule has 0 aromatic rings. The molecule has 2 N–H and O–H groups in total. The molecule has 6 heteroatoms. The van der Waals surface area contributed by atoms with Crippen LogP contribution in [-0.2, 0) is 4.74 Å². The molecule has 0 unspecified atom stereocenters. The maximum atomic E-state index is 5.27. The lowest BCUT2D eigenvalue weighted by molar-refractivity contribution is 0.152. The monoisotopic (exact) mass is 400 g/mol. The van der Waals surface area contributed by atoms with Gasteiger partial charge in [-0.1, -0.05) is 0 Å². The minimum atomic E-state index is 0. The van der Waals surface area contributed by atoms with E-state index in [1.807, 2.05) is 6.92 Å². The van der Waals surface area contributed by atoms with E-state index in [2.05, 4.69) is 41.4 Å². The van der Waals surface area contributed by atoms with Crippen molar-refractivity contribution in [2.24, 2.45) is 4.99 Å². The summed E-state index contributed by atoms with van der Waals surface area (Å²) in [6.45, 7) is 10.8. The van der Waals surface area contributed by atoms with Gasteiger partial charge < -0.3 is 20.3 Å². The summed E-state index contributed by atoms with van der Waals surface area (Å²) < 4.78 is 5.27. The summed E-state index contributed by atoms with van der Waals surface area (Å²) in [6, 6.07) is 0.626. The molecule has 0 rings (SSSR count). The first-order chi connectivity index (χ1) is 9.11. The number of ether oxygens (including phenoxy) is 1. The highest BCUT2D eigenvalue weighted by molar-refractivity contribution is 14.0. The third-order valence-corrected chi connectivity index (χ3v) is 3.08. The third-order valence-electron chi connectivity index (χ3n) is 3.08. The number of hydrogen-bond acceptors (Lipinski definition) is 3. The third kappa shape index (κ3) is 12.9. The summed E-state index contributed by atoms with van der Waals surface area (Å²) in [7, 11) is 3.97. The molecule has 0 aromatic heterocycles. The predicted octanol–water partition coefficient (Wildman–Crippen LogP) is 1.93. The zero-order chi connectivity index (χ0) is 14.5. The zero-order valence-electron chi connectivity index (χ0n) is 13.7. The molecule has 0 heterocycles. The van der Waals surface area contributed by atoms with Crippen LogP contribution >= 0.6 is 24.0 Å². The van der Waals surface area contributed by atoms with E-state index in [1.54, 1.807) is 7.05 Å². The van der Waals surface area contributed by atoms with Crippen LogP contribution < -0.4 is 10.6 Å². The van der Waals surface area contributed by atoms with Gasteiger partial charge in [-0.25, -0.2) is 0 Å². The van der Waals surface area contributed by atoms with Crippen LogP contribution in [0.1, 0.15) is 33.6 Å². The lowest BCUT2D eigenvalue weighted by Gasteiger charge is -2.20. The van der Waals surface area contributed by atoms with Gasteiger partial charge in [0, 0.05) is 32.8 Å². The van der Waals surface area contributed by atoms with Gasteiger partial charge in [0.2, 0.25) is 0 Å². The Labute approximate surface area is 141 Å². The highest BCUT2D eigenvalue weighted by Gasteiger charge is 2.02. The second-order valence-electron chi connectivity index (χ2n) is 4.90. The molecule has 0 spiro atoms. The van der Waals surface area contributed by atoms with Crippen molar-refractivity contribution < 1.29 is 4.74 Å². The number of hydrogen-bond donors (Lipinski definition) is 2. The van der Waals surface area contributed by atoms with Gasteiger partial charge in [0.25, 0.3) is 0 Å². The highest BCUT2D eigenvalue weighted by Crippen LogP contribution is 1.97. The minimum Gasteiger partial charge on any atom is -0.380 e. The van der Waals surface area contributed by atoms with E-state index in [4.69, 9.17) is 4.74 Å². The first-order valence-electron chi connectivity index (χ1n) is 7.34. The number of nitrogens with one attached hydrogen (secondary N) is 2. The molecule has 0 radical (unpaired) electrons. The fourth-order valence-corrected chi connectivity index (χ4v) is 1.56. The Balaban J connectivity index is 0. The van der Waals surface area contributed by atoms with Gasteiger partial charge in [-0.05, 0) is 47.2 Å². The number of rotatable bonds is 10. The summed E-state index contributed by atoms with van der Waals surface area (Å²) in [6.07, 6.45) is 2.36. The summed E-state index contributed by atoms with van der Waals surface area (Å²) in [5.74, 6) is 0.858. The zero-order valence-corrected chi connectivity index (χ0v) is 16.1. The van der Waals surface area contributed by atoms with Crippen LogP contribution in [0.3, 0.4) is 0 Å². The molecule has 0 aliphatic heterocycles. The van der Waals surface area contributed by atoms with Crippen molar-refractivity contribution in [1.29, 1.82) is 0 Å². The fourth-order valence-electron chi connectivity index (χ4n) is 1.56. The SMILES string of the molecule is CCOCCNC(=NC)NCCCCN(C)C(C)C.I. The summed E-state index contributed by atoms with van der Waals surface area (Å²) in [4.78, 5) is 6.55. The van der Waals surface area contributed by atoms with Gasteiger partial charge in [-0.15, -0.1) is 24.0 Å². The molecule has 0 aromatic carbocycles. The highest BCUT2D eigenvalue weighted by atomic mass is 127. The van der Waals surface area contributed by atoms with E-state index in [9.17, 15) is 0 Å². The summed E-state index contributed by atoms with van der Waals surface area (Å²) in [5, 5.41) is 6.54. The van der Waals surface area contributed by atoms with E-state index in [0.717, 1.165) is 45.2 Å². The van der Waals surface area contributed by atoms with Crippen LogP contribution in [0, 0.1) is 0 Å². The predicted molar refractivity (Wildman–Crippen MR) is 98.3 cm³/mol. The molecule has 0 saturated heterocycles. The van der Waals surface area contributed by atoms with Gasteiger partial charge in [0.1, 0.15) is 0 Å². The fraction of sp³-hybridized carbons (Fsp3) is 0.929. The molecule has 0 fully saturated rings. The second-order valence-corrected chi connectivity index (χ2v) is 4.90. The standard InChI is InChI=1S/C14H32N4O.HI/c1-6-19-12-10-17-14(15-4)16-9-7-8-11-18(5)13(2)3;/h13H,6-12H2,1-5H3,(H2,15,16,17);1H. The van der Waals surface area contributed by atoms with Crippen LogP contribution in [0.5, 0.6) is 0 Å². The lowest BCUT2D eigenvalue weighted by Crippen LogP contribution is -2.39. The van der Waals surface area contributed by atoms with Crippen molar-refractivity contribution in [3.63, 3.8) is 0 Å². The van der Waals surface area contributed by atoms with Gasteiger partial charge in [-0.2, -0.15) is 0 Å². The number of halogens is 1. The van der Waals surface area contributed by atoms with Crippen LogP contribution in [0.25, 0.3) is 0 Å². The molecular weight excluding hydrogens is 367 g/mol. The average molecular weight is 400 g/mol. The molecule has 0 aliphatic carbocycles. The Morgan fingerprint density at radius 3 is 2.40 bits per heavy atom. The molecule has 0 amide bonds. The smallest absolute Gasteiger partial charge is 0.191 e. The number of aliphatic imine (C=N–C) groups is 1. The normalized spacial score (nSPS) is 11.7. The first-order valence-corrected chi connectivity index (χ1v) is 7.34. The Morgan fingerprint density at radius 1 is 1.20 bits per heavy atom. The molecule has 0 atom stereocenters. The van der Waals surface area contributed by atoms with E-state index in [-0.39, 0.29) is 24.0 Å². The van der Waals surface area contributed by atoms with E-state index < -0.39 is 0 Å². The molecule has 20 heavy (non-hydrogen) atoms.